The third-order valence-electron chi connectivity index (χ3n) is 5.29. The van der Waals surface area contributed by atoms with Crippen molar-refractivity contribution in [2.45, 2.75) is 13.8 Å². The number of fused-ring (bicyclic) bond motifs is 1. The van der Waals surface area contributed by atoms with Crippen LogP contribution in [0.4, 0.5) is 10.1 Å². The molecule has 4 rings (SSSR count). The molecule has 0 unspecified atom stereocenters. The van der Waals surface area contributed by atoms with Crippen LogP contribution in [0.3, 0.4) is 0 Å². The van der Waals surface area contributed by atoms with Crippen molar-refractivity contribution in [3.05, 3.63) is 88.4 Å². The Labute approximate surface area is 193 Å². The fraction of sp³-hybridized carbons (Fsp3) is 0.115. The molecule has 3 aromatic carbocycles. The molecular weight excluding hydrogens is 473 g/mol. The second-order valence-electron chi connectivity index (χ2n) is 7.44. The van der Waals surface area contributed by atoms with Crippen LogP contribution in [-0.2, 0) is 4.79 Å². The number of rotatable bonds is 5. The van der Waals surface area contributed by atoms with Crippen molar-refractivity contribution in [3.8, 4) is 16.9 Å². The van der Waals surface area contributed by atoms with Crippen molar-refractivity contribution in [2.24, 2.45) is 0 Å². The van der Waals surface area contributed by atoms with Gasteiger partial charge in [-0.1, -0.05) is 28.1 Å². The summed E-state index contributed by atoms with van der Waals surface area (Å²) in [6.07, 6.45) is 3.20. The van der Waals surface area contributed by atoms with Crippen molar-refractivity contribution >= 4 is 44.1 Å². The van der Waals surface area contributed by atoms with Crippen molar-refractivity contribution in [3.63, 3.8) is 0 Å². The number of hydrogen-bond donors (Lipinski definition) is 1. The standard InChI is InChI=1S/C26H21BrFNO3/c1-15(12-24(30)29-20-10-6-18(27)7-11-20)21-13-22-23(17-4-8-19(28)9-5-17)14-32-26(22)16(2)25(21)31-3/h4-14H,1-3H3,(H,29,30)/b15-12+. The topological polar surface area (TPSA) is 51.5 Å². The fourth-order valence-corrected chi connectivity index (χ4v) is 3.98. The molecular formula is C26H21BrFNO3. The number of benzene rings is 3. The molecule has 0 bridgehead atoms. The van der Waals surface area contributed by atoms with E-state index in [1.54, 1.807) is 31.6 Å². The van der Waals surface area contributed by atoms with Gasteiger partial charge >= 0.3 is 0 Å². The largest absolute Gasteiger partial charge is 0.496 e. The van der Waals surface area contributed by atoms with Gasteiger partial charge in [0.05, 0.1) is 13.4 Å². The van der Waals surface area contributed by atoms with E-state index in [-0.39, 0.29) is 11.7 Å². The van der Waals surface area contributed by atoms with Crippen molar-refractivity contribution in [1.29, 1.82) is 0 Å². The summed E-state index contributed by atoms with van der Waals surface area (Å²) in [5, 5.41) is 3.73. The Balaban J connectivity index is 1.75. The SMILES string of the molecule is COc1c(/C(C)=C/C(=O)Nc2ccc(Br)cc2)cc2c(-c3ccc(F)cc3)coc2c1C. The maximum atomic E-state index is 13.4. The molecule has 4 aromatic rings. The average Bonchev–Trinajstić information content (AvgIpc) is 3.20. The zero-order valence-corrected chi connectivity index (χ0v) is 19.4. The first-order valence-electron chi connectivity index (χ1n) is 9.97. The van der Waals surface area contributed by atoms with Gasteiger partial charge in [0.25, 0.3) is 0 Å². The maximum Gasteiger partial charge on any atom is 0.248 e. The van der Waals surface area contributed by atoms with Gasteiger partial charge in [0.1, 0.15) is 17.1 Å². The molecule has 0 aliphatic heterocycles. The molecule has 32 heavy (non-hydrogen) atoms. The third-order valence-corrected chi connectivity index (χ3v) is 5.82. The molecule has 0 fully saturated rings. The molecule has 1 aromatic heterocycles. The predicted molar refractivity (Wildman–Crippen MR) is 129 cm³/mol. The van der Waals surface area contributed by atoms with Crippen molar-refractivity contribution in [1.82, 2.24) is 0 Å². The van der Waals surface area contributed by atoms with Crippen LogP contribution in [0.25, 0.3) is 27.7 Å². The Morgan fingerprint density at radius 2 is 1.81 bits per heavy atom. The van der Waals surface area contributed by atoms with Gasteiger partial charge in [-0.15, -0.1) is 0 Å². The number of allylic oxidation sites excluding steroid dienone is 1. The molecule has 0 aliphatic carbocycles. The van der Waals surface area contributed by atoms with Crippen LogP contribution in [0.5, 0.6) is 5.75 Å². The van der Waals surface area contributed by atoms with E-state index in [2.05, 4.69) is 21.2 Å². The first kappa shape index (κ1) is 21.8. The average molecular weight is 494 g/mol. The smallest absolute Gasteiger partial charge is 0.248 e. The number of aryl methyl sites for hydroxylation is 1. The van der Waals surface area contributed by atoms with E-state index in [0.717, 1.165) is 37.7 Å². The van der Waals surface area contributed by atoms with Gasteiger partial charge in [-0.25, -0.2) is 4.39 Å². The second kappa shape index (κ2) is 9.01. The quantitative estimate of drug-likeness (QED) is 0.295. The lowest BCUT2D eigenvalue weighted by molar-refractivity contribution is -0.111. The molecule has 0 radical (unpaired) electrons. The molecule has 1 heterocycles. The summed E-state index contributed by atoms with van der Waals surface area (Å²) >= 11 is 3.38. The predicted octanol–water partition coefficient (Wildman–Crippen LogP) is 7.36. The van der Waals surface area contributed by atoms with Crippen LogP contribution in [0.2, 0.25) is 0 Å². The highest BCUT2D eigenvalue weighted by atomic mass is 79.9. The highest BCUT2D eigenvalue weighted by Crippen LogP contribution is 2.40. The molecule has 0 aliphatic rings. The van der Waals surface area contributed by atoms with Gasteiger partial charge in [0, 0.05) is 38.3 Å². The Morgan fingerprint density at radius 1 is 1.12 bits per heavy atom. The third kappa shape index (κ3) is 4.32. The van der Waals surface area contributed by atoms with Gasteiger partial charge in [0.15, 0.2) is 0 Å². The number of furan rings is 1. The van der Waals surface area contributed by atoms with Gasteiger partial charge < -0.3 is 14.5 Å². The van der Waals surface area contributed by atoms with Crippen molar-refractivity contribution < 1.29 is 18.3 Å². The molecule has 1 amide bonds. The van der Waals surface area contributed by atoms with Crippen LogP contribution in [0, 0.1) is 12.7 Å². The zero-order valence-electron chi connectivity index (χ0n) is 17.8. The number of carbonyl (C=O) groups excluding carboxylic acids is 1. The molecule has 162 valence electrons. The molecule has 0 saturated heterocycles. The first-order valence-corrected chi connectivity index (χ1v) is 10.8. The lowest BCUT2D eigenvalue weighted by atomic mass is 9.96. The number of halogens is 2. The molecule has 6 heteroatoms. The highest BCUT2D eigenvalue weighted by Gasteiger charge is 2.19. The summed E-state index contributed by atoms with van der Waals surface area (Å²) in [6.45, 7) is 3.78. The number of anilines is 1. The summed E-state index contributed by atoms with van der Waals surface area (Å²) < 4.78 is 25.8. The van der Waals surface area contributed by atoms with E-state index in [4.69, 9.17) is 9.15 Å². The van der Waals surface area contributed by atoms with E-state index in [1.807, 2.05) is 44.2 Å². The Bertz CT molecular complexity index is 1320. The van der Waals surface area contributed by atoms with Crippen molar-refractivity contribution in [2.75, 3.05) is 12.4 Å². The lowest BCUT2D eigenvalue weighted by Crippen LogP contribution is -2.08. The summed E-state index contributed by atoms with van der Waals surface area (Å²) in [5.41, 5.74) is 5.44. The van der Waals surface area contributed by atoms with E-state index in [1.165, 1.54) is 12.1 Å². The number of amides is 1. The maximum absolute atomic E-state index is 13.4. The number of hydrogen-bond acceptors (Lipinski definition) is 3. The monoisotopic (exact) mass is 493 g/mol. The molecule has 4 nitrogen and oxygen atoms in total. The summed E-state index contributed by atoms with van der Waals surface area (Å²) in [7, 11) is 1.59. The Hall–Kier alpha value is -3.38. The van der Waals surface area contributed by atoms with Gasteiger partial charge in [-0.05, 0) is 67.4 Å². The molecule has 0 atom stereocenters. The number of nitrogens with one attached hydrogen (secondary N) is 1. The first-order chi connectivity index (χ1) is 15.4. The van der Waals surface area contributed by atoms with E-state index in [9.17, 15) is 9.18 Å². The van der Waals surface area contributed by atoms with E-state index in [0.29, 0.717) is 17.0 Å². The summed E-state index contributed by atoms with van der Waals surface area (Å²) in [5.74, 6) is 0.105. The second-order valence-corrected chi connectivity index (χ2v) is 8.35. The highest BCUT2D eigenvalue weighted by molar-refractivity contribution is 9.10. The molecule has 0 spiro atoms. The summed E-state index contributed by atoms with van der Waals surface area (Å²) in [6, 6.07) is 15.6. The normalized spacial score (nSPS) is 11.6. The minimum absolute atomic E-state index is 0.240. The number of ether oxygens (including phenoxy) is 1. The zero-order chi connectivity index (χ0) is 22.8. The van der Waals surface area contributed by atoms with Gasteiger partial charge in [-0.2, -0.15) is 0 Å². The number of carbonyl (C=O) groups is 1. The lowest BCUT2D eigenvalue weighted by Gasteiger charge is -2.13. The van der Waals surface area contributed by atoms with Crippen LogP contribution >= 0.6 is 15.9 Å². The summed E-state index contributed by atoms with van der Waals surface area (Å²) in [4.78, 5) is 12.6. The number of methoxy groups -OCH3 is 1. The van der Waals surface area contributed by atoms with E-state index < -0.39 is 0 Å². The van der Waals surface area contributed by atoms with Crippen LogP contribution in [0.1, 0.15) is 18.1 Å². The Morgan fingerprint density at radius 3 is 2.47 bits per heavy atom. The minimum atomic E-state index is -0.296. The van der Waals surface area contributed by atoms with Gasteiger partial charge in [-0.3, -0.25) is 4.79 Å². The fourth-order valence-electron chi connectivity index (χ4n) is 3.71. The van der Waals surface area contributed by atoms with Crippen LogP contribution in [-0.4, -0.2) is 13.0 Å². The minimum Gasteiger partial charge on any atom is -0.496 e. The van der Waals surface area contributed by atoms with Crippen LogP contribution < -0.4 is 10.1 Å². The molecule has 0 saturated carbocycles. The van der Waals surface area contributed by atoms with E-state index >= 15 is 0 Å². The van der Waals surface area contributed by atoms with Gasteiger partial charge in [0.2, 0.25) is 5.91 Å². The Kier molecular flexibility index (Phi) is 6.15. The van der Waals surface area contributed by atoms with Crippen LogP contribution in [0.15, 0.2) is 75.8 Å². The molecule has 1 N–H and O–H groups in total.